The van der Waals surface area contributed by atoms with Gasteiger partial charge in [-0.15, -0.1) is 0 Å². The second-order valence-corrected chi connectivity index (χ2v) is 13.2. The summed E-state index contributed by atoms with van der Waals surface area (Å²) >= 11 is 0. The minimum Gasteiger partial charge on any atom is -0.265 e. The molecule has 4 nitrogen and oxygen atoms in total. The Hall–Kier alpha value is -7.04. The lowest BCUT2D eigenvalue weighted by Gasteiger charge is -2.18. The summed E-state index contributed by atoms with van der Waals surface area (Å²) in [5, 5.41) is 7.50. The Labute approximate surface area is 301 Å². The van der Waals surface area contributed by atoms with Gasteiger partial charge in [-0.25, -0.2) is 0 Å². The van der Waals surface area contributed by atoms with Gasteiger partial charge in [-0.3, -0.25) is 19.9 Å². The molecule has 0 bridgehead atoms. The van der Waals surface area contributed by atoms with Crippen LogP contribution in [0, 0.1) is 0 Å². The van der Waals surface area contributed by atoms with Crippen molar-refractivity contribution in [3.05, 3.63) is 183 Å². The molecule has 0 N–H and O–H groups in total. The van der Waals surface area contributed by atoms with Crippen LogP contribution in [0.25, 0.3) is 99.1 Å². The molecule has 10 aromatic rings. The second-order valence-electron chi connectivity index (χ2n) is 13.2. The van der Waals surface area contributed by atoms with Crippen molar-refractivity contribution in [2.24, 2.45) is 0 Å². The van der Waals surface area contributed by atoms with Gasteiger partial charge in [-0.05, 0) is 172 Å². The number of hydrogen-bond donors (Lipinski definition) is 0. The average molecular weight is 663 g/mol. The van der Waals surface area contributed by atoms with Crippen molar-refractivity contribution < 1.29 is 0 Å². The van der Waals surface area contributed by atoms with E-state index in [0.29, 0.717) is 0 Å². The Kier molecular flexibility index (Phi) is 7.10. The standard InChI is InChI=1S/C48H30N4/c1-2-36(30-52-17-1)40-25-39(33-15-22-51-23-16-33)28-42(29-40)44-8-4-35-5-9-45-43(7-3-34-6-10-46(44)48(35)47(34)45)41-26-37(31-11-18-49-19-12-31)24-38(27-41)32-13-20-50-21-14-32/h1-30H. The molecule has 0 aliphatic heterocycles. The van der Waals surface area contributed by atoms with E-state index in [4.69, 9.17) is 0 Å². The minimum absolute atomic E-state index is 1.09. The van der Waals surface area contributed by atoms with Crippen LogP contribution in [0.3, 0.4) is 0 Å². The zero-order valence-corrected chi connectivity index (χ0v) is 28.1. The molecule has 0 aliphatic rings. The molecule has 4 heteroatoms. The normalized spacial score (nSPS) is 11.5. The van der Waals surface area contributed by atoms with Crippen molar-refractivity contribution in [3.8, 4) is 66.8 Å². The van der Waals surface area contributed by atoms with E-state index in [1.807, 2.05) is 55.6 Å². The van der Waals surface area contributed by atoms with E-state index in [9.17, 15) is 0 Å². The molecular weight excluding hydrogens is 633 g/mol. The molecule has 4 aromatic heterocycles. The fourth-order valence-electron chi connectivity index (χ4n) is 7.70. The summed E-state index contributed by atoms with van der Waals surface area (Å²) in [6.45, 7) is 0. The molecule has 0 aliphatic carbocycles. The highest BCUT2D eigenvalue weighted by Crippen LogP contribution is 2.44. The van der Waals surface area contributed by atoms with Crippen LogP contribution in [-0.4, -0.2) is 19.9 Å². The summed E-state index contributed by atoms with van der Waals surface area (Å²) in [7, 11) is 0. The molecule has 242 valence electrons. The fraction of sp³-hybridized carbons (Fsp3) is 0. The van der Waals surface area contributed by atoms with Crippen LogP contribution < -0.4 is 0 Å². The summed E-state index contributed by atoms with van der Waals surface area (Å²) in [5.74, 6) is 0. The van der Waals surface area contributed by atoms with E-state index >= 15 is 0 Å². The maximum Gasteiger partial charge on any atom is 0.0346 e. The van der Waals surface area contributed by atoms with Crippen LogP contribution >= 0.6 is 0 Å². The van der Waals surface area contributed by atoms with E-state index in [1.165, 1.54) is 54.6 Å². The lowest BCUT2D eigenvalue weighted by Crippen LogP contribution is -1.92. The van der Waals surface area contributed by atoms with Gasteiger partial charge in [-0.1, -0.05) is 54.6 Å². The van der Waals surface area contributed by atoms with E-state index in [1.54, 1.807) is 0 Å². The summed E-state index contributed by atoms with van der Waals surface area (Å²) in [6, 6.07) is 48.5. The zero-order valence-electron chi connectivity index (χ0n) is 28.1. The highest BCUT2D eigenvalue weighted by atomic mass is 14.6. The average Bonchev–Trinajstić information content (AvgIpc) is 3.23. The molecule has 0 unspecified atom stereocenters. The van der Waals surface area contributed by atoms with Crippen LogP contribution in [0.5, 0.6) is 0 Å². The van der Waals surface area contributed by atoms with Crippen molar-refractivity contribution in [2.45, 2.75) is 0 Å². The Balaban J connectivity index is 1.20. The molecule has 6 aromatic carbocycles. The van der Waals surface area contributed by atoms with Crippen LogP contribution in [0.15, 0.2) is 183 Å². The third kappa shape index (κ3) is 5.17. The van der Waals surface area contributed by atoms with Gasteiger partial charge in [0.25, 0.3) is 0 Å². The molecule has 4 heterocycles. The molecule has 52 heavy (non-hydrogen) atoms. The summed E-state index contributed by atoms with van der Waals surface area (Å²) in [4.78, 5) is 17.3. The number of nitrogens with zero attached hydrogens (tertiary/aromatic N) is 4. The summed E-state index contributed by atoms with van der Waals surface area (Å²) < 4.78 is 0. The molecule has 0 saturated heterocycles. The first-order valence-corrected chi connectivity index (χ1v) is 17.4. The van der Waals surface area contributed by atoms with Gasteiger partial charge in [0.05, 0.1) is 0 Å². The highest BCUT2D eigenvalue weighted by molar-refractivity contribution is 6.27. The largest absolute Gasteiger partial charge is 0.265 e. The first kappa shape index (κ1) is 29.8. The number of pyridine rings is 4. The molecule has 0 fully saturated rings. The van der Waals surface area contributed by atoms with Gasteiger partial charge < -0.3 is 0 Å². The lowest BCUT2D eigenvalue weighted by molar-refractivity contribution is 1.32. The Morgan fingerprint density at radius 3 is 1.06 bits per heavy atom. The molecule has 10 rings (SSSR count). The van der Waals surface area contributed by atoms with Gasteiger partial charge >= 0.3 is 0 Å². The molecule has 0 radical (unpaired) electrons. The number of rotatable bonds is 6. The molecule has 0 saturated carbocycles. The smallest absolute Gasteiger partial charge is 0.0346 e. The van der Waals surface area contributed by atoms with Gasteiger partial charge in [0, 0.05) is 55.1 Å². The van der Waals surface area contributed by atoms with Crippen molar-refractivity contribution in [3.63, 3.8) is 0 Å². The van der Waals surface area contributed by atoms with Crippen molar-refractivity contribution >= 4 is 32.3 Å². The zero-order chi connectivity index (χ0) is 34.4. The van der Waals surface area contributed by atoms with E-state index in [2.05, 4.69) is 147 Å². The first-order valence-electron chi connectivity index (χ1n) is 17.4. The van der Waals surface area contributed by atoms with E-state index in [0.717, 1.165) is 44.5 Å². The second kappa shape index (κ2) is 12.4. The van der Waals surface area contributed by atoms with Gasteiger partial charge in [0.15, 0.2) is 0 Å². The van der Waals surface area contributed by atoms with Gasteiger partial charge in [0.2, 0.25) is 0 Å². The van der Waals surface area contributed by atoms with Crippen LogP contribution in [0.4, 0.5) is 0 Å². The van der Waals surface area contributed by atoms with Gasteiger partial charge in [0.1, 0.15) is 0 Å². The summed E-state index contributed by atoms with van der Waals surface area (Å²) in [5.41, 5.74) is 13.8. The van der Waals surface area contributed by atoms with Crippen molar-refractivity contribution in [2.75, 3.05) is 0 Å². The molecule has 0 spiro atoms. The van der Waals surface area contributed by atoms with Crippen LogP contribution in [-0.2, 0) is 0 Å². The Morgan fingerprint density at radius 2 is 0.654 bits per heavy atom. The fourth-order valence-corrected chi connectivity index (χ4v) is 7.70. The first-order chi connectivity index (χ1) is 25.8. The predicted octanol–water partition coefficient (Wildman–Crippen LogP) is 12.2. The maximum absolute atomic E-state index is 4.43. The predicted molar refractivity (Wildman–Crippen MR) is 214 cm³/mol. The van der Waals surface area contributed by atoms with Crippen LogP contribution in [0.1, 0.15) is 0 Å². The quantitative estimate of drug-likeness (QED) is 0.166. The molecular formula is C48H30N4. The molecule has 0 amide bonds. The monoisotopic (exact) mass is 662 g/mol. The third-order valence-electron chi connectivity index (χ3n) is 10.2. The topological polar surface area (TPSA) is 51.6 Å². The van der Waals surface area contributed by atoms with Crippen molar-refractivity contribution in [1.82, 2.24) is 19.9 Å². The van der Waals surface area contributed by atoms with E-state index < -0.39 is 0 Å². The Bertz CT molecular complexity index is 2560. The van der Waals surface area contributed by atoms with Gasteiger partial charge in [-0.2, -0.15) is 0 Å². The number of aromatic nitrogens is 4. The Morgan fingerprint density at radius 1 is 0.269 bits per heavy atom. The highest BCUT2D eigenvalue weighted by Gasteiger charge is 2.17. The van der Waals surface area contributed by atoms with Crippen LogP contribution in [0.2, 0.25) is 0 Å². The number of hydrogen-bond acceptors (Lipinski definition) is 4. The number of benzene rings is 6. The maximum atomic E-state index is 4.43. The third-order valence-corrected chi connectivity index (χ3v) is 10.2. The molecule has 0 atom stereocenters. The van der Waals surface area contributed by atoms with E-state index in [-0.39, 0.29) is 0 Å². The summed E-state index contributed by atoms with van der Waals surface area (Å²) in [6.07, 6.45) is 14.9. The minimum atomic E-state index is 1.09. The SMILES string of the molecule is c1cncc(-c2cc(-c3ccncc3)cc(-c3ccc4ccc5c(-c6cc(-c7ccncc7)cc(-c7ccncc7)c6)ccc6ccc3c4c65)c2)c1. The van der Waals surface area contributed by atoms with Crippen molar-refractivity contribution in [1.29, 1.82) is 0 Å². The lowest BCUT2D eigenvalue weighted by atomic mass is 9.85.